The van der Waals surface area contributed by atoms with E-state index < -0.39 is 17.8 Å². The number of aromatic nitrogens is 3. The number of pyridine rings is 2. The summed E-state index contributed by atoms with van der Waals surface area (Å²) >= 11 is 1.56. The van der Waals surface area contributed by atoms with Gasteiger partial charge in [0, 0.05) is 18.6 Å². The second kappa shape index (κ2) is 10.9. The minimum atomic E-state index is -4.62. The molecule has 0 spiro atoms. The zero-order valence-electron chi connectivity index (χ0n) is 19.9. The monoisotopic (exact) mass is 526 g/mol. The van der Waals surface area contributed by atoms with Crippen LogP contribution >= 0.6 is 11.3 Å². The van der Waals surface area contributed by atoms with E-state index in [4.69, 9.17) is 9.72 Å². The van der Waals surface area contributed by atoms with Crippen LogP contribution in [-0.4, -0.2) is 27.5 Å². The number of thiazole rings is 1. The van der Waals surface area contributed by atoms with Gasteiger partial charge in [-0.1, -0.05) is 36.4 Å². The Morgan fingerprint density at radius 1 is 1.03 bits per heavy atom. The van der Waals surface area contributed by atoms with Gasteiger partial charge >= 0.3 is 6.18 Å². The molecule has 3 heterocycles. The minimum absolute atomic E-state index is 0.242. The van der Waals surface area contributed by atoms with Crippen LogP contribution in [0.2, 0.25) is 0 Å². The van der Waals surface area contributed by atoms with Crippen LogP contribution in [0.15, 0.2) is 60.8 Å². The number of alkyl halides is 3. The number of hydrogen-bond acceptors (Lipinski definition) is 6. The first-order valence-electron chi connectivity index (χ1n) is 12.1. The van der Waals surface area contributed by atoms with E-state index in [0.717, 1.165) is 59.6 Å². The molecule has 1 aromatic carbocycles. The Hall–Kier alpha value is -3.37. The molecule has 1 aliphatic carbocycles. The van der Waals surface area contributed by atoms with Crippen LogP contribution in [0.4, 0.5) is 19.0 Å². The molecule has 1 aliphatic rings. The fraction of sp³-hybridized carbons (Fsp3) is 0.333. The van der Waals surface area contributed by atoms with Gasteiger partial charge in [0.05, 0.1) is 28.0 Å². The summed E-state index contributed by atoms with van der Waals surface area (Å²) < 4.78 is 45.5. The van der Waals surface area contributed by atoms with E-state index in [1.807, 2.05) is 18.2 Å². The van der Waals surface area contributed by atoms with Gasteiger partial charge in [0.15, 0.2) is 0 Å². The number of fused-ring (bicyclic) bond motifs is 1. The van der Waals surface area contributed by atoms with Gasteiger partial charge in [-0.05, 0) is 49.3 Å². The second-order valence-corrected chi connectivity index (χ2v) is 10.2. The molecule has 1 fully saturated rings. The summed E-state index contributed by atoms with van der Waals surface area (Å²) in [7, 11) is 0. The van der Waals surface area contributed by atoms with Gasteiger partial charge in [0.25, 0.3) is 5.91 Å². The highest BCUT2D eigenvalue weighted by atomic mass is 32.1. The molecular formula is C27H25F3N4O2S. The first kappa shape index (κ1) is 25.3. The summed E-state index contributed by atoms with van der Waals surface area (Å²) in [5.74, 6) is 0.402. The third kappa shape index (κ3) is 6.31. The van der Waals surface area contributed by atoms with Gasteiger partial charge < -0.3 is 10.1 Å². The maximum atomic E-state index is 12.9. The SMILES string of the molecule is O=C(Nc1cc2sc([C@H]3CC[C@H](COCc4ccccc4)CC3)nc2cn1)c1cccc(C(F)(F)F)n1. The zero-order valence-corrected chi connectivity index (χ0v) is 20.7. The van der Waals surface area contributed by atoms with Crippen LogP contribution in [0.5, 0.6) is 0 Å². The lowest BCUT2D eigenvalue weighted by molar-refractivity contribution is -0.141. The smallest absolute Gasteiger partial charge is 0.376 e. The number of hydrogen-bond donors (Lipinski definition) is 1. The normalized spacial score (nSPS) is 18.1. The van der Waals surface area contributed by atoms with Crippen LogP contribution in [0.25, 0.3) is 10.2 Å². The highest BCUT2D eigenvalue weighted by Crippen LogP contribution is 2.39. The Labute approximate surface area is 215 Å². The van der Waals surface area contributed by atoms with E-state index in [1.165, 1.54) is 11.6 Å². The Kier molecular flexibility index (Phi) is 7.48. The predicted octanol–water partition coefficient (Wildman–Crippen LogP) is 6.85. The number of ether oxygens (including phenoxy) is 1. The molecule has 0 aliphatic heterocycles. The predicted molar refractivity (Wildman–Crippen MR) is 135 cm³/mol. The van der Waals surface area contributed by atoms with Crippen LogP contribution in [-0.2, 0) is 17.5 Å². The average molecular weight is 527 g/mol. The molecule has 0 atom stereocenters. The largest absolute Gasteiger partial charge is 0.433 e. The topological polar surface area (TPSA) is 77.0 Å². The van der Waals surface area contributed by atoms with Gasteiger partial charge in [-0.25, -0.2) is 15.0 Å². The fourth-order valence-electron chi connectivity index (χ4n) is 4.49. The van der Waals surface area contributed by atoms with Crippen molar-refractivity contribution >= 4 is 33.3 Å². The van der Waals surface area contributed by atoms with Gasteiger partial charge in [-0.2, -0.15) is 13.2 Å². The van der Waals surface area contributed by atoms with Crippen molar-refractivity contribution in [2.45, 2.75) is 44.4 Å². The molecule has 4 aromatic rings. The fourth-order valence-corrected chi connectivity index (χ4v) is 5.63. The number of nitrogens with one attached hydrogen (secondary N) is 1. The number of rotatable bonds is 7. The molecule has 6 nitrogen and oxygen atoms in total. The maximum Gasteiger partial charge on any atom is 0.433 e. The Morgan fingerprint density at radius 3 is 2.57 bits per heavy atom. The van der Waals surface area contributed by atoms with Crippen LogP contribution in [0, 0.1) is 5.92 Å². The summed E-state index contributed by atoms with van der Waals surface area (Å²) in [6.45, 7) is 1.39. The third-order valence-electron chi connectivity index (χ3n) is 6.47. The van der Waals surface area contributed by atoms with Crippen molar-refractivity contribution in [1.82, 2.24) is 15.0 Å². The molecule has 1 amide bonds. The molecule has 1 N–H and O–H groups in total. The number of nitrogens with zero attached hydrogens (tertiary/aromatic N) is 3. The van der Waals surface area contributed by atoms with Crippen LogP contribution in [0.1, 0.15) is 58.4 Å². The lowest BCUT2D eigenvalue weighted by Gasteiger charge is -2.27. The van der Waals surface area contributed by atoms with E-state index in [-0.39, 0.29) is 11.5 Å². The van der Waals surface area contributed by atoms with Crippen molar-refractivity contribution in [2.75, 3.05) is 11.9 Å². The van der Waals surface area contributed by atoms with Crippen LogP contribution in [0.3, 0.4) is 0 Å². The van der Waals surface area contributed by atoms with E-state index in [1.54, 1.807) is 23.6 Å². The van der Waals surface area contributed by atoms with Crippen molar-refractivity contribution < 1.29 is 22.7 Å². The first-order chi connectivity index (χ1) is 17.8. The standard InChI is InChI=1S/C27H25F3N4O2S/c28-27(29,30)23-8-4-7-20(32-23)25(35)34-24-13-22-21(14-31-24)33-26(37-22)19-11-9-18(10-12-19)16-36-15-17-5-2-1-3-6-17/h1-8,13-14,18-19H,9-12,15-16H2,(H,31,34,35)/t18-,19-. The molecule has 37 heavy (non-hydrogen) atoms. The lowest BCUT2D eigenvalue weighted by Crippen LogP contribution is -2.17. The molecule has 3 aromatic heterocycles. The molecular weight excluding hydrogens is 501 g/mol. The van der Waals surface area contributed by atoms with Crippen molar-refractivity contribution in [3.63, 3.8) is 0 Å². The molecule has 0 radical (unpaired) electrons. The number of amides is 1. The summed E-state index contributed by atoms with van der Waals surface area (Å²) in [5.41, 5.74) is 0.476. The minimum Gasteiger partial charge on any atom is -0.376 e. The van der Waals surface area contributed by atoms with Crippen LogP contribution < -0.4 is 5.32 Å². The number of benzene rings is 1. The van der Waals surface area contributed by atoms with Crippen molar-refractivity contribution in [3.05, 3.63) is 82.8 Å². The number of anilines is 1. The second-order valence-electron chi connectivity index (χ2n) is 9.17. The van der Waals surface area contributed by atoms with Crippen molar-refractivity contribution in [2.24, 2.45) is 5.92 Å². The highest BCUT2D eigenvalue weighted by Gasteiger charge is 2.33. The molecule has 1 saturated carbocycles. The van der Waals surface area contributed by atoms with Gasteiger partial charge in [0.1, 0.15) is 17.2 Å². The van der Waals surface area contributed by atoms with E-state index in [9.17, 15) is 18.0 Å². The third-order valence-corrected chi connectivity index (χ3v) is 7.65. The molecule has 5 rings (SSSR count). The summed E-state index contributed by atoms with van der Waals surface area (Å²) in [5, 5.41) is 3.58. The van der Waals surface area contributed by atoms with Gasteiger partial charge in [0.2, 0.25) is 0 Å². The van der Waals surface area contributed by atoms with Crippen molar-refractivity contribution in [3.8, 4) is 0 Å². The van der Waals surface area contributed by atoms with E-state index >= 15 is 0 Å². The quantitative estimate of drug-likeness (QED) is 0.285. The Balaban J connectivity index is 1.17. The molecule has 0 unspecified atom stereocenters. The highest BCUT2D eigenvalue weighted by molar-refractivity contribution is 7.18. The molecule has 0 bridgehead atoms. The number of carbonyl (C=O) groups excluding carboxylic acids is 1. The summed E-state index contributed by atoms with van der Waals surface area (Å²) in [6.07, 6.45) is 1.20. The Morgan fingerprint density at radius 2 is 1.81 bits per heavy atom. The zero-order chi connectivity index (χ0) is 25.8. The van der Waals surface area contributed by atoms with E-state index in [0.29, 0.717) is 18.4 Å². The van der Waals surface area contributed by atoms with Crippen molar-refractivity contribution in [1.29, 1.82) is 0 Å². The molecule has 0 saturated heterocycles. The van der Waals surface area contributed by atoms with Gasteiger partial charge in [-0.3, -0.25) is 4.79 Å². The molecule has 192 valence electrons. The first-order valence-corrected chi connectivity index (χ1v) is 12.9. The lowest BCUT2D eigenvalue weighted by atomic mass is 9.83. The maximum absolute atomic E-state index is 12.9. The van der Waals surface area contributed by atoms with Gasteiger partial charge in [-0.15, -0.1) is 11.3 Å². The number of halogens is 3. The Bertz CT molecular complexity index is 1370. The number of carbonyl (C=O) groups is 1. The average Bonchev–Trinajstić information content (AvgIpc) is 3.33. The summed E-state index contributed by atoms with van der Waals surface area (Å²) in [4.78, 5) is 24.9. The summed E-state index contributed by atoms with van der Waals surface area (Å²) in [6, 6.07) is 15.1. The molecule has 10 heteroatoms. The van der Waals surface area contributed by atoms with E-state index in [2.05, 4.69) is 27.4 Å².